The van der Waals surface area contributed by atoms with Crippen LogP contribution in [0.15, 0.2) is 0 Å². The van der Waals surface area contributed by atoms with E-state index >= 15 is 0 Å². The monoisotopic (exact) mass is 762 g/mol. The van der Waals surface area contributed by atoms with E-state index in [0.717, 1.165) is 34.7 Å². The first-order valence-corrected chi connectivity index (χ1v) is 25.7. The smallest absolute Gasteiger partial charge is 0.187 e. The van der Waals surface area contributed by atoms with Crippen molar-refractivity contribution in [2.75, 3.05) is 68.6 Å². The van der Waals surface area contributed by atoms with Crippen molar-refractivity contribution >= 4 is 16.6 Å². The minimum absolute atomic E-state index is 0. The summed E-state index contributed by atoms with van der Waals surface area (Å²) in [7, 11) is 9.71. The zero-order valence-electron chi connectivity index (χ0n) is 34.5. The van der Waals surface area contributed by atoms with Crippen molar-refractivity contribution in [3.63, 3.8) is 0 Å². The van der Waals surface area contributed by atoms with Crippen molar-refractivity contribution in [3.8, 4) is 0 Å². The summed E-state index contributed by atoms with van der Waals surface area (Å²) >= 11 is 0. The maximum absolute atomic E-state index is 9.68. The highest BCUT2D eigenvalue weighted by Crippen LogP contribution is 2.18. The fourth-order valence-corrected chi connectivity index (χ4v) is 8.06. The molecule has 0 radical (unpaired) electrons. The molecule has 0 rings (SSSR count). The Morgan fingerprint density at radius 1 is 0.480 bits per heavy atom. The molecule has 5 N–H and O–H groups in total. The summed E-state index contributed by atoms with van der Waals surface area (Å²) in [5, 5.41) is 8.39. The van der Waals surface area contributed by atoms with Crippen molar-refractivity contribution in [2.45, 2.75) is 203 Å². The molecular weight excluding hydrogens is 657 g/mol. The minimum atomic E-state index is -1.75. The Morgan fingerprint density at radius 2 is 0.760 bits per heavy atom. The summed E-state index contributed by atoms with van der Waals surface area (Å²) in [6, 6.07) is 2.42. The van der Waals surface area contributed by atoms with Crippen molar-refractivity contribution in [1.29, 1.82) is 0 Å². The minimum Gasteiger partial charge on any atom is -0.870 e. The van der Waals surface area contributed by atoms with Gasteiger partial charge in [-0.25, -0.2) is 0 Å². The molecule has 0 saturated heterocycles. The van der Waals surface area contributed by atoms with E-state index in [2.05, 4.69) is 69.2 Å². The Bertz CT molecular complexity index is 593. The van der Waals surface area contributed by atoms with Crippen LogP contribution in [-0.2, 0) is 4.43 Å². The van der Waals surface area contributed by atoms with E-state index in [1.165, 1.54) is 134 Å². The second kappa shape index (κ2) is 43.6. The van der Waals surface area contributed by atoms with Gasteiger partial charge in [-0.3, -0.25) is 0 Å². The van der Waals surface area contributed by atoms with Crippen LogP contribution >= 0.6 is 0 Å². The first kappa shape index (κ1) is 68.2. The third-order valence-electron chi connectivity index (χ3n) is 8.30. The van der Waals surface area contributed by atoms with E-state index in [4.69, 9.17) is 9.53 Å². The van der Waals surface area contributed by atoms with Gasteiger partial charge in [-0.15, -0.1) is 0 Å². The molecule has 316 valence electrons. The first-order valence-electron chi connectivity index (χ1n) is 19.5. The second-order valence-corrected chi connectivity index (χ2v) is 25.5. The van der Waals surface area contributed by atoms with Crippen molar-refractivity contribution in [2.24, 2.45) is 0 Å². The number of rotatable bonds is 28. The molecule has 7 nitrogen and oxygen atoms in total. The Balaban J connectivity index is -0.0000000931. The molecule has 0 bridgehead atoms. The number of hydrogen-bond donors (Lipinski definition) is 2. The lowest BCUT2D eigenvalue weighted by Gasteiger charge is -2.28. The van der Waals surface area contributed by atoms with Gasteiger partial charge in [0, 0.05) is 0 Å². The lowest BCUT2D eigenvalue weighted by Crippen LogP contribution is -2.40. The van der Waals surface area contributed by atoms with Gasteiger partial charge in [-0.2, -0.15) is 0 Å². The Labute approximate surface area is 321 Å². The van der Waals surface area contributed by atoms with Crippen molar-refractivity contribution in [1.82, 2.24) is 0 Å². The fourth-order valence-electron chi connectivity index (χ4n) is 5.05. The number of hydrogen-bond acceptors (Lipinski definition) is 4. The summed E-state index contributed by atoms with van der Waals surface area (Å²) < 4.78 is 8.06. The van der Waals surface area contributed by atoms with Crippen LogP contribution in [0.3, 0.4) is 0 Å². The van der Waals surface area contributed by atoms with E-state index in [1.807, 2.05) is 13.1 Å². The quantitative estimate of drug-likeness (QED) is 0.0469. The summed E-state index contributed by atoms with van der Waals surface area (Å²) in [5.41, 5.74) is 0. The molecule has 0 aliphatic rings. The van der Waals surface area contributed by atoms with Crippen LogP contribution in [0.5, 0.6) is 0 Å². The molecular formula is C41H105N2O5Si2+. The lowest BCUT2D eigenvalue weighted by atomic mass is 10.1. The van der Waals surface area contributed by atoms with Gasteiger partial charge in [-0.05, 0) is 38.3 Å². The van der Waals surface area contributed by atoms with Gasteiger partial charge in [0.15, 0.2) is 16.6 Å². The van der Waals surface area contributed by atoms with Gasteiger partial charge >= 0.3 is 0 Å². The van der Waals surface area contributed by atoms with Crippen LogP contribution in [0.25, 0.3) is 0 Å². The largest absolute Gasteiger partial charge is 0.870 e. The molecule has 0 spiro atoms. The number of unbranched alkanes of at least 4 members (excludes halogenated alkanes) is 18. The van der Waals surface area contributed by atoms with E-state index in [1.54, 1.807) is 0 Å². The molecule has 0 saturated carbocycles. The standard InChI is InChI=1S/C19H44NOSi.C14H32OSi.C5H14NO.3CH4.2H2O/c1-7-8-9-10-11-12-13-14-15-16-19-22(5,6)21-18-17-20(2,3)4;1-4-5-6-7-8-9-10-11-12-13-14-16(2,3)15;1-6(2,3)4-5-7;;;;;/h7-19H2,1-6H3;15H,4-14H2,1-3H3;7H,4-5H2,1-3H3;3*1H4;2*1H2/q+1;;+1;;;;;/p-1. The molecule has 0 unspecified atom stereocenters. The van der Waals surface area contributed by atoms with Gasteiger partial charge in [0.25, 0.3) is 0 Å². The predicted octanol–water partition coefficient (Wildman–Crippen LogP) is 11.5. The summed E-state index contributed by atoms with van der Waals surface area (Å²) in [4.78, 5) is 9.68. The molecule has 0 aromatic rings. The third kappa shape index (κ3) is 73.6. The van der Waals surface area contributed by atoms with E-state index in [0.29, 0.717) is 0 Å². The van der Waals surface area contributed by atoms with Gasteiger partial charge in [0.2, 0.25) is 0 Å². The predicted molar refractivity (Wildman–Crippen MR) is 235 cm³/mol. The van der Waals surface area contributed by atoms with Crippen molar-refractivity contribution < 1.29 is 34.2 Å². The van der Waals surface area contributed by atoms with E-state index in [9.17, 15) is 4.80 Å². The second-order valence-electron chi connectivity index (χ2n) is 17.0. The van der Waals surface area contributed by atoms with Gasteiger partial charge in [0.05, 0.1) is 55.5 Å². The molecule has 0 aromatic heterocycles. The lowest BCUT2D eigenvalue weighted by molar-refractivity contribution is -0.870. The molecule has 0 aromatic carbocycles. The highest BCUT2D eigenvalue weighted by molar-refractivity contribution is 6.71. The topological polar surface area (TPSA) is 111 Å². The van der Waals surface area contributed by atoms with Gasteiger partial charge < -0.3 is 34.2 Å². The Kier molecular flexibility index (Phi) is 59.4. The molecule has 0 amide bonds. The van der Waals surface area contributed by atoms with Crippen molar-refractivity contribution in [3.05, 3.63) is 0 Å². The normalized spacial score (nSPS) is 11.2. The third-order valence-corrected chi connectivity index (χ3v) is 12.4. The highest BCUT2D eigenvalue weighted by atomic mass is 28.4. The molecule has 0 heterocycles. The van der Waals surface area contributed by atoms with Gasteiger partial charge in [-0.1, -0.05) is 165 Å². The average Bonchev–Trinajstić information content (AvgIpc) is 2.89. The Morgan fingerprint density at radius 3 is 1.00 bits per heavy atom. The van der Waals surface area contributed by atoms with E-state index < -0.39 is 16.6 Å². The molecule has 0 aliphatic heterocycles. The average molecular weight is 762 g/mol. The molecule has 50 heavy (non-hydrogen) atoms. The summed E-state index contributed by atoms with van der Waals surface area (Å²) in [6.07, 6.45) is 28.1. The number of aliphatic hydroxyl groups is 1. The van der Waals surface area contributed by atoms with E-state index in [-0.39, 0.29) is 39.8 Å². The number of aliphatic hydroxyl groups excluding tert-OH is 1. The fraction of sp³-hybridized carbons (Fsp3) is 1.00. The molecule has 9 heteroatoms. The maximum atomic E-state index is 9.68. The number of nitrogens with zero attached hydrogens (tertiary/aromatic N) is 2. The SMILES string of the molecule is C.C.C.CCCCCCCCCCCC[Si](C)(C)O.CCCCCCCCCCCC[Si](C)(C)OCC[N+](C)(C)C.C[N+](C)(C)CCO.O.[OH-]. The zero-order chi connectivity index (χ0) is 35.1. The summed E-state index contributed by atoms with van der Waals surface area (Å²) in [5.74, 6) is 0. The Hall–Kier alpha value is 0.154. The highest BCUT2D eigenvalue weighted by Gasteiger charge is 2.22. The van der Waals surface area contributed by atoms with Crippen LogP contribution < -0.4 is 0 Å². The van der Waals surface area contributed by atoms with Crippen LogP contribution in [0.4, 0.5) is 0 Å². The molecule has 0 fully saturated rings. The maximum Gasteiger partial charge on any atom is 0.187 e. The van der Waals surface area contributed by atoms with Gasteiger partial charge in [0.1, 0.15) is 13.1 Å². The number of likely N-dealkylation sites (N-methyl/N-ethyl adjacent to an activating group) is 2. The van der Waals surface area contributed by atoms with Crippen LogP contribution in [0, 0.1) is 0 Å². The summed E-state index contributed by atoms with van der Waals surface area (Å²) in [6.45, 7) is 16.6. The van der Waals surface area contributed by atoms with Crippen LogP contribution in [0.1, 0.15) is 165 Å². The van der Waals surface area contributed by atoms with Crippen LogP contribution in [0.2, 0.25) is 38.3 Å². The van der Waals surface area contributed by atoms with Crippen LogP contribution in [-0.4, -0.2) is 115 Å². The first-order chi connectivity index (χ1) is 20.9. The number of quaternary nitrogens is 2. The zero-order valence-corrected chi connectivity index (χ0v) is 36.5. The molecule has 0 aliphatic carbocycles. The molecule has 0 atom stereocenters.